The predicted molar refractivity (Wildman–Crippen MR) is 51.3 cm³/mol. The van der Waals surface area contributed by atoms with Gasteiger partial charge in [0.15, 0.2) is 5.15 Å². The highest BCUT2D eigenvalue weighted by atomic mass is 35.5. The van der Waals surface area contributed by atoms with Crippen LogP contribution < -0.4 is 0 Å². The van der Waals surface area contributed by atoms with E-state index >= 15 is 0 Å². The first-order chi connectivity index (χ1) is 7.08. The van der Waals surface area contributed by atoms with Crippen molar-refractivity contribution in [3.05, 3.63) is 17.2 Å². The van der Waals surface area contributed by atoms with Crippen molar-refractivity contribution in [3.63, 3.8) is 0 Å². The fourth-order valence-electron chi connectivity index (χ4n) is 1.75. The summed E-state index contributed by atoms with van der Waals surface area (Å²) in [5.41, 5.74) is 0.710. The summed E-state index contributed by atoms with van der Waals surface area (Å²) in [6.07, 6.45) is 1.90. The number of hydrogen-bond donors (Lipinski definition) is 0. The first kappa shape index (κ1) is 10.2. The minimum Gasteiger partial charge on any atom is -0.393 e. The second-order valence-electron chi connectivity index (χ2n) is 3.48. The first-order valence-corrected chi connectivity index (χ1v) is 4.86. The zero-order valence-electron chi connectivity index (χ0n) is 8.07. The van der Waals surface area contributed by atoms with E-state index in [1.165, 1.54) is 0 Å². The Labute approximate surface area is 91.0 Å². The standard InChI is InChI=1S/C9H9ClN2O3/c1-12-4-11-9(10)8(12)5-2-6(13)15-7(14)3-5/h4-5H,2-3H2,1H3. The zero-order chi connectivity index (χ0) is 11.0. The molecule has 15 heavy (non-hydrogen) atoms. The Morgan fingerprint density at radius 3 is 2.53 bits per heavy atom. The van der Waals surface area contributed by atoms with Crippen LogP contribution in [-0.2, 0) is 21.4 Å². The van der Waals surface area contributed by atoms with Crippen molar-refractivity contribution in [1.29, 1.82) is 0 Å². The molecule has 0 saturated carbocycles. The van der Waals surface area contributed by atoms with Gasteiger partial charge in [-0.3, -0.25) is 9.59 Å². The lowest BCUT2D eigenvalue weighted by Crippen LogP contribution is -2.25. The van der Waals surface area contributed by atoms with Crippen LogP contribution in [0, 0.1) is 0 Å². The zero-order valence-corrected chi connectivity index (χ0v) is 8.82. The van der Waals surface area contributed by atoms with Crippen LogP contribution in [0.5, 0.6) is 0 Å². The van der Waals surface area contributed by atoms with Crippen molar-refractivity contribution in [2.75, 3.05) is 0 Å². The second kappa shape index (κ2) is 3.66. The Hall–Kier alpha value is -1.36. The summed E-state index contributed by atoms with van der Waals surface area (Å²) in [6, 6.07) is 0. The van der Waals surface area contributed by atoms with Crippen molar-refractivity contribution in [1.82, 2.24) is 9.55 Å². The summed E-state index contributed by atoms with van der Waals surface area (Å²) >= 11 is 5.88. The topological polar surface area (TPSA) is 61.2 Å². The van der Waals surface area contributed by atoms with Gasteiger partial charge in [-0.25, -0.2) is 4.98 Å². The van der Waals surface area contributed by atoms with Gasteiger partial charge >= 0.3 is 11.9 Å². The van der Waals surface area contributed by atoms with E-state index in [9.17, 15) is 9.59 Å². The lowest BCUT2D eigenvalue weighted by atomic mass is 9.96. The Bertz CT molecular complexity index is 391. The highest BCUT2D eigenvalue weighted by Crippen LogP contribution is 2.31. The maximum absolute atomic E-state index is 11.1. The van der Waals surface area contributed by atoms with E-state index in [4.69, 9.17) is 11.6 Å². The first-order valence-electron chi connectivity index (χ1n) is 4.48. The molecule has 1 aliphatic rings. The minimum absolute atomic E-state index is 0.172. The number of nitrogens with zero attached hydrogens (tertiary/aromatic N) is 2. The van der Waals surface area contributed by atoms with Crippen LogP contribution in [0.15, 0.2) is 6.33 Å². The molecule has 1 fully saturated rings. The number of cyclic esters (lactones) is 2. The molecule has 0 amide bonds. The molecular weight excluding hydrogens is 220 g/mol. The van der Waals surface area contributed by atoms with E-state index in [2.05, 4.69) is 9.72 Å². The van der Waals surface area contributed by atoms with Crippen LogP contribution in [-0.4, -0.2) is 21.5 Å². The average molecular weight is 229 g/mol. The van der Waals surface area contributed by atoms with Crippen LogP contribution in [0.3, 0.4) is 0 Å². The van der Waals surface area contributed by atoms with E-state index < -0.39 is 11.9 Å². The van der Waals surface area contributed by atoms with Crippen molar-refractivity contribution >= 4 is 23.5 Å². The normalized spacial score (nSPS) is 18.0. The number of aromatic nitrogens is 2. The Balaban J connectivity index is 2.31. The molecule has 1 saturated heterocycles. The summed E-state index contributed by atoms with van der Waals surface area (Å²) < 4.78 is 6.16. The van der Waals surface area contributed by atoms with Crippen LogP contribution >= 0.6 is 11.6 Å². The highest BCUT2D eigenvalue weighted by molar-refractivity contribution is 6.30. The molecule has 1 aromatic heterocycles. The molecule has 1 aromatic rings. The molecule has 2 rings (SSSR count). The van der Waals surface area contributed by atoms with Crippen LogP contribution in [0.25, 0.3) is 0 Å². The number of hydrogen-bond acceptors (Lipinski definition) is 4. The number of aryl methyl sites for hydroxylation is 1. The molecule has 0 radical (unpaired) electrons. The summed E-state index contributed by atoms with van der Waals surface area (Å²) in [6.45, 7) is 0. The molecule has 80 valence electrons. The fourth-order valence-corrected chi connectivity index (χ4v) is 2.08. The summed E-state index contributed by atoms with van der Waals surface area (Å²) in [4.78, 5) is 26.1. The molecular formula is C9H9ClN2O3. The Morgan fingerprint density at radius 1 is 1.47 bits per heavy atom. The van der Waals surface area contributed by atoms with Crippen LogP contribution in [0.4, 0.5) is 0 Å². The van der Waals surface area contributed by atoms with Gasteiger partial charge in [-0.1, -0.05) is 11.6 Å². The van der Waals surface area contributed by atoms with Gasteiger partial charge in [0.2, 0.25) is 0 Å². The maximum Gasteiger partial charge on any atom is 0.314 e. The second-order valence-corrected chi connectivity index (χ2v) is 3.84. The highest BCUT2D eigenvalue weighted by Gasteiger charge is 2.31. The lowest BCUT2D eigenvalue weighted by molar-refractivity contribution is -0.164. The van der Waals surface area contributed by atoms with Gasteiger partial charge in [0.1, 0.15) is 0 Å². The van der Waals surface area contributed by atoms with Gasteiger partial charge in [0.05, 0.1) is 24.9 Å². The third kappa shape index (κ3) is 1.87. The number of halogens is 1. The van der Waals surface area contributed by atoms with Crippen molar-refractivity contribution in [2.45, 2.75) is 18.8 Å². The van der Waals surface area contributed by atoms with Gasteiger partial charge in [0, 0.05) is 13.0 Å². The van der Waals surface area contributed by atoms with Gasteiger partial charge < -0.3 is 9.30 Å². The molecule has 0 N–H and O–H groups in total. The largest absolute Gasteiger partial charge is 0.393 e. The number of esters is 2. The molecule has 0 spiro atoms. The number of carbonyl (C=O) groups excluding carboxylic acids is 2. The van der Waals surface area contributed by atoms with Crippen LogP contribution in [0.2, 0.25) is 5.15 Å². The van der Waals surface area contributed by atoms with Crippen molar-refractivity contribution in [3.8, 4) is 0 Å². The number of carbonyl (C=O) groups is 2. The van der Waals surface area contributed by atoms with E-state index in [1.807, 2.05) is 0 Å². The monoisotopic (exact) mass is 228 g/mol. The van der Waals surface area contributed by atoms with Crippen molar-refractivity contribution < 1.29 is 14.3 Å². The number of imidazole rings is 1. The SMILES string of the molecule is Cn1cnc(Cl)c1C1CC(=O)OC(=O)C1. The Kier molecular flexibility index (Phi) is 2.48. The third-order valence-corrected chi connectivity index (χ3v) is 2.67. The van der Waals surface area contributed by atoms with E-state index in [1.54, 1.807) is 17.9 Å². The van der Waals surface area contributed by atoms with Crippen molar-refractivity contribution in [2.24, 2.45) is 7.05 Å². The molecule has 1 aliphatic heterocycles. The van der Waals surface area contributed by atoms with Gasteiger partial charge in [-0.05, 0) is 0 Å². The van der Waals surface area contributed by atoms with E-state index in [0.717, 1.165) is 0 Å². The average Bonchev–Trinajstić information content (AvgIpc) is 2.44. The fraction of sp³-hybridized carbons (Fsp3) is 0.444. The molecule has 0 aliphatic carbocycles. The third-order valence-electron chi connectivity index (χ3n) is 2.38. The summed E-state index contributed by atoms with van der Waals surface area (Å²) in [7, 11) is 1.78. The Morgan fingerprint density at radius 2 is 2.07 bits per heavy atom. The maximum atomic E-state index is 11.1. The van der Waals surface area contributed by atoms with Gasteiger partial charge in [-0.2, -0.15) is 0 Å². The molecule has 0 bridgehead atoms. The predicted octanol–water partition coefficient (Wildman–Crippen LogP) is 1.02. The quantitative estimate of drug-likeness (QED) is 0.532. The van der Waals surface area contributed by atoms with Gasteiger partial charge in [0.25, 0.3) is 0 Å². The molecule has 6 heteroatoms. The molecule has 2 heterocycles. The molecule has 5 nitrogen and oxygen atoms in total. The van der Waals surface area contributed by atoms with E-state index in [-0.39, 0.29) is 18.8 Å². The summed E-state index contributed by atoms with van der Waals surface area (Å²) in [5.74, 6) is -1.24. The smallest absolute Gasteiger partial charge is 0.314 e. The van der Waals surface area contributed by atoms with Gasteiger partial charge in [-0.15, -0.1) is 0 Å². The lowest BCUT2D eigenvalue weighted by Gasteiger charge is -2.20. The molecule has 0 unspecified atom stereocenters. The number of ether oxygens (including phenoxy) is 1. The van der Waals surface area contributed by atoms with E-state index in [0.29, 0.717) is 10.8 Å². The molecule has 0 atom stereocenters. The molecule has 0 aromatic carbocycles. The van der Waals surface area contributed by atoms with Crippen LogP contribution in [0.1, 0.15) is 24.5 Å². The number of rotatable bonds is 1. The minimum atomic E-state index is -0.506. The summed E-state index contributed by atoms with van der Waals surface area (Å²) in [5, 5.41) is 0.338.